The van der Waals surface area contributed by atoms with Gasteiger partial charge in [-0.15, -0.1) is 0 Å². The SMILES string of the molecule is CC(O)C(S)CCCO. The van der Waals surface area contributed by atoms with Gasteiger partial charge in [0, 0.05) is 11.9 Å². The molecule has 0 amide bonds. The predicted octanol–water partition coefficient (Wildman–Crippen LogP) is 0.438. The number of aliphatic hydroxyl groups is 2. The van der Waals surface area contributed by atoms with Gasteiger partial charge in [0.15, 0.2) is 0 Å². The smallest absolute Gasteiger partial charge is 0.0628 e. The van der Waals surface area contributed by atoms with Crippen LogP contribution >= 0.6 is 12.6 Å². The molecule has 0 saturated carbocycles. The maximum absolute atomic E-state index is 8.89. The van der Waals surface area contributed by atoms with E-state index in [1.54, 1.807) is 6.92 Å². The van der Waals surface area contributed by atoms with Crippen molar-refractivity contribution < 1.29 is 10.2 Å². The minimum atomic E-state index is -0.375. The molecule has 0 aliphatic carbocycles. The van der Waals surface area contributed by atoms with E-state index in [0.29, 0.717) is 0 Å². The fourth-order valence-corrected chi connectivity index (χ4v) is 0.724. The second-order valence-electron chi connectivity index (χ2n) is 2.17. The Kier molecular flexibility index (Phi) is 5.24. The van der Waals surface area contributed by atoms with Gasteiger partial charge in [0.1, 0.15) is 0 Å². The number of rotatable bonds is 4. The monoisotopic (exact) mass is 150 g/mol. The Bertz CT molecular complexity index is 66.1. The molecule has 0 heterocycles. The van der Waals surface area contributed by atoms with Gasteiger partial charge in [-0.1, -0.05) is 0 Å². The Morgan fingerprint density at radius 2 is 2.11 bits per heavy atom. The summed E-state index contributed by atoms with van der Waals surface area (Å²) in [6.45, 7) is 1.89. The fraction of sp³-hybridized carbons (Fsp3) is 1.00. The van der Waals surface area contributed by atoms with Crippen LogP contribution in [0.3, 0.4) is 0 Å². The van der Waals surface area contributed by atoms with Crippen LogP contribution in [0.1, 0.15) is 19.8 Å². The highest BCUT2D eigenvalue weighted by Crippen LogP contribution is 2.08. The van der Waals surface area contributed by atoms with Gasteiger partial charge in [-0.2, -0.15) is 12.6 Å². The third-order valence-electron chi connectivity index (χ3n) is 1.21. The number of hydrogen-bond acceptors (Lipinski definition) is 3. The first-order valence-electron chi connectivity index (χ1n) is 3.15. The van der Waals surface area contributed by atoms with Crippen LogP contribution in [0.5, 0.6) is 0 Å². The summed E-state index contributed by atoms with van der Waals surface area (Å²) in [4.78, 5) is 0. The predicted molar refractivity (Wildman–Crippen MR) is 40.8 cm³/mol. The average Bonchev–Trinajstić information content (AvgIpc) is 1.82. The maximum atomic E-state index is 8.89. The molecule has 0 aromatic rings. The van der Waals surface area contributed by atoms with Gasteiger partial charge in [0.25, 0.3) is 0 Å². The molecule has 0 saturated heterocycles. The van der Waals surface area contributed by atoms with Gasteiger partial charge in [0.05, 0.1) is 6.10 Å². The highest BCUT2D eigenvalue weighted by atomic mass is 32.1. The second-order valence-corrected chi connectivity index (χ2v) is 2.84. The molecule has 0 fully saturated rings. The molecule has 2 atom stereocenters. The van der Waals surface area contributed by atoms with Crippen molar-refractivity contribution in [3.8, 4) is 0 Å². The van der Waals surface area contributed by atoms with Crippen molar-refractivity contribution in [2.75, 3.05) is 6.61 Å². The van der Waals surface area contributed by atoms with Crippen molar-refractivity contribution in [3.63, 3.8) is 0 Å². The Hall–Kier alpha value is 0.270. The van der Waals surface area contributed by atoms with Crippen LogP contribution in [0.25, 0.3) is 0 Å². The zero-order valence-electron chi connectivity index (χ0n) is 5.62. The Balaban J connectivity index is 3.16. The first-order chi connectivity index (χ1) is 4.18. The Labute approximate surface area is 61.3 Å². The van der Waals surface area contributed by atoms with E-state index in [0.717, 1.165) is 12.8 Å². The summed E-state index contributed by atoms with van der Waals surface area (Å²) in [5, 5.41) is 17.3. The molecule has 0 aliphatic rings. The van der Waals surface area contributed by atoms with Crippen LogP contribution in [0, 0.1) is 0 Å². The van der Waals surface area contributed by atoms with E-state index in [1.165, 1.54) is 0 Å². The summed E-state index contributed by atoms with van der Waals surface area (Å²) in [6, 6.07) is 0. The van der Waals surface area contributed by atoms with Crippen LogP contribution in [-0.4, -0.2) is 28.2 Å². The van der Waals surface area contributed by atoms with Crippen LogP contribution in [0.2, 0.25) is 0 Å². The molecule has 0 aromatic heterocycles. The van der Waals surface area contributed by atoms with Crippen molar-refractivity contribution in [2.24, 2.45) is 0 Å². The zero-order chi connectivity index (χ0) is 7.28. The standard InChI is InChI=1S/C6H14O2S/c1-5(8)6(9)3-2-4-7/h5-9H,2-4H2,1H3. The molecule has 2 unspecified atom stereocenters. The van der Waals surface area contributed by atoms with Crippen molar-refractivity contribution >= 4 is 12.6 Å². The normalized spacial score (nSPS) is 17.3. The van der Waals surface area contributed by atoms with Crippen molar-refractivity contribution in [1.82, 2.24) is 0 Å². The highest BCUT2D eigenvalue weighted by molar-refractivity contribution is 7.81. The average molecular weight is 150 g/mol. The molecule has 0 bridgehead atoms. The van der Waals surface area contributed by atoms with Crippen LogP contribution in [0.4, 0.5) is 0 Å². The summed E-state index contributed by atoms with van der Waals surface area (Å²) < 4.78 is 0. The van der Waals surface area contributed by atoms with Gasteiger partial charge in [-0.3, -0.25) is 0 Å². The quantitative estimate of drug-likeness (QED) is 0.509. The molecule has 2 nitrogen and oxygen atoms in total. The number of hydrogen-bond donors (Lipinski definition) is 3. The lowest BCUT2D eigenvalue weighted by Crippen LogP contribution is -2.16. The van der Waals surface area contributed by atoms with Crippen molar-refractivity contribution in [2.45, 2.75) is 31.1 Å². The molecule has 0 radical (unpaired) electrons. The van der Waals surface area contributed by atoms with Gasteiger partial charge >= 0.3 is 0 Å². The second kappa shape index (κ2) is 5.09. The first-order valence-corrected chi connectivity index (χ1v) is 3.67. The molecule has 0 aliphatic heterocycles. The Morgan fingerprint density at radius 1 is 1.56 bits per heavy atom. The van der Waals surface area contributed by atoms with Crippen LogP contribution in [-0.2, 0) is 0 Å². The lowest BCUT2D eigenvalue weighted by molar-refractivity contribution is 0.182. The van der Waals surface area contributed by atoms with E-state index >= 15 is 0 Å². The molecule has 2 N–H and O–H groups in total. The summed E-state index contributed by atoms with van der Waals surface area (Å²) in [5.74, 6) is 0. The van der Waals surface area contributed by atoms with Crippen molar-refractivity contribution in [3.05, 3.63) is 0 Å². The summed E-state index contributed by atoms with van der Waals surface area (Å²) in [7, 11) is 0. The summed E-state index contributed by atoms with van der Waals surface area (Å²) in [5.41, 5.74) is 0. The topological polar surface area (TPSA) is 40.5 Å². The fourth-order valence-electron chi connectivity index (χ4n) is 0.542. The lowest BCUT2D eigenvalue weighted by Gasteiger charge is -2.11. The first kappa shape index (κ1) is 9.27. The molecule has 0 spiro atoms. The molecular weight excluding hydrogens is 136 g/mol. The van der Waals surface area contributed by atoms with Gasteiger partial charge in [0.2, 0.25) is 0 Å². The molecule has 9 heavy (non-hydrogen) atoms. The third-order valence-corrected chi connectivity index (χ3v) is 1.90. The molecule has 0 aromatic carbocycles. The third kappa shape index (κ3) is 4.75. The van der Waals surface area contributed by atoms with Gasteiger partial charge in [-0.05, 0) is 19.8 Å². The number of thiol groups is 1. The summed E-state index contributed by atoms with van der Waals surface area (Å²) >= 11 is 4.10. The zero-order valence-corrected chi connectivity index (χ0v) is 6.51. The van der Waals surface area contributed by atoms with Crippen LogP contribution in [0.15, 0.2) is 0 Å². The molecular formula is C6H14O2S. The highest BCUT2D eigenvalue weighted by Gasteiger charge is 2.07. The van der Waals surface area contributed by atoms with E-state index in [2.05, 4.69) is 12.6 Å². The van der Waals surface area contributed by atoms with E-state index in [9.17, 15) is 0 Å². The number of aliphatic hydroxyl groups excluding tert-OH is 2. The Morgan fingerprint density at radius 3 is 2.44 bits per heavy atom. The largest absolute Gasteiger partial charge is 0.396 e. The molecule has 0 rings (SSSR count). The molecule has 56 valence electrons. The minimum absolute atomic E-state index is 0.0112. The van der Waals surface area contributed by atoms with E-state index in [1.807, 2.05) is 0 Å². The van der Waals surface area contributed by atoms with Crippen LogP contribution < -0.4 is 0 Å². The maximum Gasteiger partial charge on any atom is 0.0628 e. The van der Waals surface area contributed by atoms with E-state index in [4.69, 9.17) is 10.2 Å². The van der Waals surface area contributed by atoms with Gasteiger partial charge in [-0.25, -0.2) is 0 Å². The van der Waals surface area contributed by atoms with Crippen molar-refractivity contribution in [1.29, 1.82) is 0 Å². The van der Waals surface area contributed by atoms with Gasteiger partial charge < -0.3 is 10.2 Å². The minimum Gasteiger partial charge on any atom is -0.396 e. The van der Waals surface area contributed by atoms with E-state index in [-0.39, 0.29) is 18.0 Å². The molecule has 3 heteroatoms. The van der Waals surface area contributed by atoms with E-state index < -0.39 is 0 Å². The lowest BCUT2D eigenvalue weighted by atomic mass is 10.2. The summed E-state index contributed by atoms with van der Waals surface area (Å²) in [6.07, 6.45) is 1.12.